The number of aromatic nitrogens is 4. The van der Waals surface area contributed by atoms with Crippen LogP contribution < -0.4 is 15.0 Å². The van der Waals surface area contributed by atoms with Crippen molar-refractivity contribution < 1.29 is 13.9 Å². The first kappa shape index (κ1) is 17.7. The lowest BCUT2D eigenvalue weighted by Crippen LogP contribution is -2.16. The minimum Gasteiger partial charge on any atom is -0.491 e. The van der Waals surface area contributed by atoms with Gasteiger partial charge in [-0.1, -0.05) is 36.4 Å². The Hall–Kier alpha value is -3.68. The third kappa shape index (κ3) is 3.85. The summed E-state index contributed by atoms with van der Waals surface area (Å²) in [7, 11) is 0. The second-order valence-corrected chi connectivity index (χ2v) is 5.96. The van der Waals surface area contributed by atoms with E-state index in [-0.39, 0.29) is 24.6 Å². The number of ether oxygens (including phenoxy) is 2. The van der Waals surface area contributed by atoms with Crippen molar-refractivity contribution in [3.63, 3.8) is 0 Å². The normalized spacial score (nSPS) is 10.9. The maximum absolute atomic E-state index is 12.4. The van der Waals surface area contributed by atoms with Gasteiger partial charge in [-0.05, 0) is 12.1 Å². The summed E-state index contributed by atoms with van der Waals surface area (Å²) in [6, 6.07) is 17.7. The fraction of sp³-hybridized carbons (Fsp3) is 0.150. The molecule has 0 unspecified atom stereocenters. The van der Waals surface area contributed by atoms with E-state index in [0.717, 1.165) is 5.56 Å². The fourth-order valence-corrected chi connectivity index (χ4v) is 2.69. The quantitative estimate of drug-likeness (QED) is 0.533. The van der Waals surface area contributed by atoms with Gasteiger partial charge in [0.2, 0.25) is 0 Å². The minimum absolute atomic E-state index is 0.0126. The third-order valence-corrected chi connectivity index (χ3v) is 3.97. The number of halogens is 1. The predicted octanol–water partition coefficient (Wildman–Crippen LogP) is 3.01. The van der Waals surface area contributed by atoms with E-state index in [1.54, 1.807) is 24.3 Å². The number of aromatic amines is 1. The summed E-state index contributed by atoms with van der Waals surface area (Å²) >= 11 is 0. The maximum atomic E-state index is 12.4. The largest absolute Gasteiger partial charge is 0.491 e. The van der Waals surface area contributed by atoms with Gasteiger partial charge in [-0.25, -0.2) is 9.37 Å². The molecule has 28 heavy (non-hydrogen) atoms. The van der Waals surface area contributed by atoms with E-state index >= 15 is 0 Å². The molecule has 142 valence electrons. The van der Waals surface area contributed by atoms with Crippen LogP contribution in [-0.4, -0.2) is 32.9 Å². The van der Waals surface area contributed by atoms with Crippen molar-refractivity contribution in [1.82, 2.24) is 19.6 Å². The van der Waals surface area contributed by atoms with Crippen molar-refractivity contribution >= 4 is 5.78 Å². The lowest BCUT2D eigenvalue weighted by atomic mass is 10.2. The number of H-pyrrole nitrogens is 1. The maximum Gasteiger partial charge on any atom is 0.274 e. The second-order valence-electron chi connectivity index (χ2n) is 5.96. The summed E-state index contributed by atoms with van der Waals surface area (Å²) in [5.41, 5.74) is 1.03. The Bertz CT molecular complexity index is 1140. The smallest absolute Gasteiger partial charge is 0.274 e. The van der Waals surface area contributed by atoms with Crippen LogP contribution in [-0.2, 0) is 6.61 Å². The number of fused-ring (bicyclic) bond motifs is 1. The predicted molar refractivity (Wildman–Crippen MR) is 101 cm³/mol. The first-order chi connectivity index (χ1) is 13.7. The van der Waals surface area contributed by atoms with Gasteiger partial charge in [-0.2, -0.15) is 9.50 Å². The van der Waals surface area contributed by atoms with Crippen molar-refractivity contribution in [1.29, 1.82) is 0 Å². The summed E-state index contributed by atoms with van der Waals surface area (Å²) in [6.07, 6.45) is 0. The Morgan fingerprint density at radius 2 is 1.75 bits per heavy atom. The molecule has 2 heterocycles. The molecule has 4 aromatic rings. The van der Waals surface area contributed by atoms with Gasteiger partial charge < -0.3 is 9.47 Å². The average Bonchev–Trinajstić information content (AvgIpc) is 3.17. The molecule has 0 saturated carbocycles. The Morgan fingerprint density at radius 3 is 2.54 bits per heavy atom. The zero-order valence-corrected chi connectivity index (χ0v) is 14.8. The molecule has 0 bridgehead atoms. The Kier molecular flexibility index (Phi) is 5.01. The number of alkyl halides is 1. The third-order valence-electron chi connectivity index (χ3n) is 3.97. The highest BCUT2D eigenvalue weighted by molar-refractivity contribution is 5.56. The first-order valence-electron chi connectivity index (χ1n) is 8.69. The van der Waals surface area contributed by atoms with E-state index in [4.69, 9.17) is 9.47 Å². The molecule has 0 saturated heterocycles. The molecule has 0 amide bonds. The molecule has 2 aromatic heterocycles. The molecular weight excluding hydrogens is 363 g/mol. The molecule has 2 aromatic carbocycles. The van der Waals surface area contributed by atoms with Crippen LogP contribution in [0.25, 0.3) is 17.2 Å². The SMILES string of the molecule is O=c1cc(COc2cccc(OCCF)c2)nc2nc(-c3ccccc3)[nH]n12. The fourth-order valence-electron chi connectivity index (χ4n) is 2.69. The van der Waals surface area contributed by atoms with E-state index in [1.165, 1.54) is 10.6 Å². The first-order valence-corrected chi connectivity index (χ1v) is 8.69. The lowest BCUT2D eigenvalue weighted by Gasteiger charge is -2.08. The second kappa shape index (κ2) is 7.91. The molecule has 8 heteroatoms. The zero-order chi connectivity index (χ0) is 19.3. The number of hydrogen-bond acceptors (Lipinski definition) is 5. The highest BCUT2D eigenvalue weighted by Crippen LogP contribution is 2.20. The van der Waals surface area contributed by atoms with E-state index in [9.17, 15) is 9.18 Å². The number of nitrogens with zero attached hydrogens (tertiary/aromatic N) is 3. The van der Waals surface area contributed by atoms with Crippen LogP contribution in [0.1, 0.15) is 5.69 Å². The zero-order valence-electron chi connectivity index (χ0n) is 14.8. The lowest BCUT2D eigenvalue weighted by molar-refractivity contribution is 0.267. The highest BCUT2D eigenvalue weighted by Gasteiger charge is 2.10. The van der Waals surface area contributed by atoms with E-state index in [1.807, 2.05) is 30.3 Å². The van der Waals surface area contributed by atoms with Crippen LogP contribution in [0.3, 0.4) is 0 Å². The van der Waals surface area contributed by atoms with Crippen molar-refractivity contribution in [2.75, 3.05) is 13.3 Å². The van der Waals surface area contributed by atoms with Gasteiger partial charge in [-0.15, -0.1) is 0 Å². The standard InChI is InChI=1S/C20H17FN4O3/c21-9-10-27-16-7-4-8-17(12-16)28-13-15-11-18(26)25-20(22-15)23-19(24-25)14-5-2-1-3-6-14/h1-8,11-12H,9-10,13H2,(H,22,23,24). The Labute approximate surface area is 159 Å². The number of hydrogen-bond donors (Lipinski definition) is 1. The molecule has 4 rings (SSSR count). The van der Waals surface area contributed by atoms with Crippen molar-refractivity contribution in [3.05, 3.63) is 76.7 Å². The molecule has 0 fully saturated rings. The van der Waals surface area contributed by atoms with Gasteiger partial charge in [0.05, 0.1) is 5.69 Å². The van der Waals surface area contributed by atoms with E-state index in [0.29, 0.717) is 23.0 Å². The van der Waals surface area contributed by atoms with Crippen LogP contribution in [0.5, 0.6) is 11.5 Å². The van der Waals surface area contributed by atoms with Crippen molar-refractivity contribution in [2.24, 2.45) is 0 Å². The summed E-state index contributed by atoms with van der Waals surface area (Å²) in [6.45, 7) is -0.485. The topological polar surface area (TPSA) is 81.5 Å². The van der Waals surface area contributed by atoms with Gasteiger partial charge in [0.15, 0.2) is 5.82 Å². The van der Waals surface area contributed by atoms with Crippen LogP contribution in [0.15, 0.2) is 65.5 Å². The van der Waals surface area contributed by atoms with Gasteiger partial charge in [0.25, 0.3) is 11.3 Å². The summed E-state index contributed by atoms with van der Waals surface area (Å²) in [5, 5.41) is 2.95. The van der Waals surface area contributed by atoms with Crippen LogP contribution >= 0.6 is 0 Å². The van der Waals surface area contributed by atoms with Gasteiger partial charge in [0, 0.05) is 17.7 Å². The summed E-state index contributed by atoms with van der Waals surface area (Å²) in [4.78, 5) is 21.1. The van der Waals surface area contributed by atoms with Crippen molar-refractivity contribution in [2.45, 2.75) is 6.61 Å². The van der Waals surface area contributed by atoms with Crippen LogP contribution in [0, 0.1) is 0 Å². The molecule has 0 radical (unpaired) electrons. The van der Waals surface area contributed by atoms with Gasteiger partial charge >= 0.3 is 0 Å². The number of nitrogens with one attached hydrogen (secondary N) is 1. The van der Waals surface area contributed by atoms with Crippen LogP contribution in [0.4, 0.5) is 4.39 Å². The number of rotatable bonds is 7. The Morgan fingerprint density at radius 1 is 0.964 bits per heavy atom. The average molecular weight is 380 g/mol. The Balaban J connectivity index is 1.54. The van der Waals surface area contributed by atoms with E-state index < -0.39 is 6.67 Å². The minimum atomic E-state index is -0.562. The number of benzene rings is 2. The van der Waals surface area contributed by atoms with Crippen molar-refractivity contribution in [3.8, 4) is 22.9 Å². The molecular formula is C20H17FN4O3. The molecule has 0 spiro atoms. The van der Waals surface area contributed by atoms with E-state index in [2.05, 4.69) is 15.1 Å². The van der Waals surface area contributed by atoms with Gasteiger partial charge in [-0.3, -0.25) is 9.89 Å². The van der Waals surface area contributed by atoms with Gasteiger partial charge in [0.1, 0.15) is 31.4 Å². The molecule has 0 aliphatic heterocycles. The highest BCUT2D eigenvalue weighted by atomic mass is 19.1. The summed E-state index contributed by atoms with van der Waals surface area (Å²) < 4.78 is 24.4. The molecule has 7 nitrogen and oxygen atoms in total. The summed E-state index contributed by atoms with van der Waals surface area (Å²) in [5.74, 6) is 1.87. The monoisotopic (exact) mass is 380 g/mol. The molecule has 0 aliphatic rings. The molecule has 1 N–H and O–H groups in total. The molecule has 0 atom stereocenters. The molecule has 0 aliphatic carbocycles. The van der Waals surface area contributed by atoms with Crippen LogP contribution in [0.2, 0.25) is 0 Å².